The number of fused-ring (bicyclic) bond motifs is 1. The Morgan fingerprint density at radius 2 is 2.15 bits per heavy atom. The summed E-state index contributed by atoms with van der Waals surface area (Å²) in [5.41, 5.74) is 1.34. The molecule has 2 heterocycles. The van der Waals surface area contributed by atoms with Crippen molar-refractivity contribution in [2.75, 3.05) is 26.2 Å². The summed E-state index contributed by atoms with van der Waals surface area (Å²) in [5, 5.41) is 3.82. The lowest BCUT2D eigenvalue weighted by molar-refractivity contribution is 0.272. The lowest BCUT2D eigenvalue weighted by Gasteiger charge is -2.22. The first-order chi connectivity index (χ1) is 9.86. The zero-order chi connectivity index (χ0) is 13.8. The number of ether oxygens (including phenoxy) is 1. The van der Waals surface area contributed by atoms with Crippen LogP contribution in [0.15, 0.2) is 24.3 Å². The average Bonchev–Trinajstić information content (AvgIpc) is 2.74. The van der Waals surface area contributed by atoms with Crippen molar-refractivity contribution in [3.05, 3.63) is 29.8 Å². The molecule has 0 aliphatic carbocycles. The van der Waals surface area contributed by atoms with Crippen LogP contribution in [0.1, 0.15) is 44.2 Å². The van der Waals surface area contributed by atoms with Gasteiger partial charge in [-0.05, 0) is 51.4 Å². The summed E-state index contributed by atoms with van der Waals surface area (Å²) in [6, 6.07) is 9.45. The molecule has 1 fully saturated rings. The van der Waals surface area contributed by atoms with E-state index < -0.39 is 0 Å². The first-order valence-corrected chi connectivity index (χ1v) is 8.07. The predicted molar refractivity (Wildman–Crippen MR) is 82.2 cm³/mol. The van der Waals surface area contributed by atoms with Gasteiger partial charge in [-0.15, -0.1) is 0 Å². The van der Waals surface area contributed by atoms with Crippen molar-refractivity contribution < 1.29 is 4.74 Å². The summed E-state index contributed by atoms with van der Waals surface area (Å²) in [7, 11) is 0. The van der Waals surface area contributed by atoms with E-state index in [2.05, 4.69) is 41.4 Å². The van der Waals surface area contributed by atoms with Gasteiger partial charge in [-0.2, -0.15) is 0 Å². The highest BCUT2D eigenvalue weighted by Crippen LogP contribution is 2.32. The fourth-order valence-electron chi connectivity index (χ4n) is 3.45. The van der Waals surface area contributed by atoms with Crippen LogP contribution in [-0.2, 0) is 0 Å². The van der Waals surface area contributed by atoms with Crippen LogP contribution in [0, 0.1) is 0 Å². The molecule has 20 heavy (non-hydrogen) atoms. The smallest absolute Gasteiger partial charge is 0.124 e. The molecule has 3 nitrogen and oxygen atoms in total. The second-order valence-corrected chi connectivity index (χ2v) is 6.04. The van der Waals surface area contributed by atoms with Gasteiger partial charge in [0.2, 0.25) is 0 Å². The molecular weight excluding hydrogens is 248 g/mol. The Bertz CT molecular complexity index is 435. The molecular formula is C17H26N2O. The van der Waals surface area contributed by atoms with Crippen LogP contribution in [0.25, 0.3) is 0 Å². The van der Waals surface area contributed by atoms with Gasteiger partial charge in [0.05, 0.1) is 6.04 Å². The molecule has 1 aromatic rings. The maximum atomic E-state index is 5.77. The Labute approximate surface area is 122 Å². The van der Waals surface area contributed by atoms with Crippen LogP contribution in [0.3, 0.4) is 0 Å². The number of benzene rings is 1. The normalized spacial score (nSPS) is 26.9. The third-order valence-corrected chi connectivity index (χ3v) is 4.50. The molecule has 3 heteroatoms. The van der Waals surface area contributed by atoms with Crippen molar-refractivity contribution in [3.63, 3.8) is 0 Å². The summed E-state index contributed by atoms with van der Waals surface area (Å²) >= 11 is 0. The van der Waals surface area contributed by atoms with Gasteiger partial charge in [-0.1, -0.05) is 25.1 Å². The highest BCUT2D eigenvalue weighted by Gasteiger charge is 2.26. The third kappa shape index (κ3) is 3.15. The van der Waals surface area contributed by atoms with E-state index in [1.54, 1.807) is 0 Å². The van der Waals surface area contributed by atoms with Crippen molar-refractivity contribution in [2.45, 2.75) is 44.7 Å². The molecule has 2 unspecified atom stereocenters. The first-order valence-electron chi connectivity index (χ1n) is 8.07. The van der Waals surface area contributed by atoms with Gasteiger partial charge in [0.25, 0.3) is 0 Å². The summed E-state index contributed by atoms with van der Waals surface area (Å²) in [6.07, 6.45) is 5.13. The highest BCUT2D eigenvalue weighted by molar-refractivity contribution is 5.39. The summed E-state index contributed by atoms with van der Waals surface area (Å²) in [6.45, 7) is 6.81. The molecule has 0 aromatic heterocycles. The molecule has 0 bridgehead atoms. The number of hydrogen-bond donors (Lipinski definition) is 1. The van der Waals surface area contributed by atoms with Crippen LogP contribution in [0.4, 0.5) is 0 Å². The Kier molecular flexibility index (Phi) is 4.58. The molecule has 0 radical (unpaired) electrons. The van der Waals surface area contributed by atoms with E-state index in [0.717, 1.165) is 12.4 Å². The second kappa shape index (κ2) is 6.59. The van der Waals surface area contributed by atoms with Crippen molar-refractivity contribution in [1.82, 2.24) is 10.2 Å². The lowest BCUT2D eigenvalue weighted by atomic mass is 10.0. The van der Waals surface area contributed by atoms with Gasteiger partial charge in [0, 0.05) is 11.6 Å². The molecule has 1 N–H and O–H groups in total. The Morgan fingerprint density at radius 3 is 3.05 bits per heavy atom. The summed E-state index contributed by atoms with van der Waals surface area (Å²) < 4.78 is 5.77. The number of nitrogens with one attached hydrogen (secondary N) is 1. The van der Waals surface area contributed by atoms with E-state index in [0.29, 0.717) is 12.1 Å². The fraction of sp³-hybridized carbons (Fsp3) is 0.647. The predicted octanol–water partition coefficient (Wildman–Crippen LogP) is 2.97. The number of para-hydroxylation sites is 1. The van der Waals surface area contributed by atoms with E-state index in [9.17, 15) is 0 Å². The van der Waals surface area contributed by atoms with Crippen molar-refractivity contribution in [1.29, 1.82) is 0 Å². The van der Waals surface area contributed by atoms with Crippen molar-refractivity contribution in [3.8, 4) is 5.75 Å². The molecule has 2 aliphatic heterocycles. The fourth-order valence-corrected chi connectivity index (χ4v) is 3.45. The van der Waals surface area contributed by atoms with E-state index in [1.807, 2.05) is 0 Å². The molecule has 1 aromatic carbocycles. The van der Waals surface area contributed by atoms with Crippen LogP contribution >= 0.6 is 0 Å². The largest absolute Gasteiger partial charge is 0.491 e. The minimum absolute atomic E-state index is 0.383. The van der Waals surface area contributed by atoms with Gasteiger partial charge in [-0.3, -0.25) is 0 Å². The minimum Gasteiger partial charge on any atom is -0.491 e. The summed E-state index contributed by atoms with van der Waals surface area (Å²) in [4.78, 5) is 2.61. The van der Waals surface area contributed by atoms with E-state index in [1.165, 1.54) is 50.9 Å². The van der Waals surface area contributed by atoms with E-state index in [4.69, 9.17) is 4.74 Å². The molecule has 3 rings (SSSR count). The number of likely N-dealkylation sites (tertiary alicyclic amines) is 1. The summed E-state index contributed by atoms with van der Waals surface area (Å²) in [5.74, 6) is 1.06. The Morgan fingerprint density at radius 1 is 1.25 bits per heavy atom. The molecule has 2 atom stereocenters. The Hall–Kier alpha value is -1.06. The number of rotatable bonds is 4. The van der Waals surface area contributed by atoms with Crippen LogP contribution in [-0.4, -0.2) is 37.2 Å². The zero-order valence-corrected chi connectivity index (χ0v) is 12.5. The monoisotopic (exact) mass is 274 g/mol. The van der Waals surface area contributed by atoms with Crippen molar-refractivity contribution in [2.24, 2.45) is 0 Å². The van der Waals surface area contributed by atoms with Gasteiger partial charge in [0.1, 0.15) is 12.4 Å². The molecule has 1 saturated heterocycles. The molecule has 0 saturated carbocycles. The van der Waals surface area contributed by atoms with Crippen LogP contribution in [0.2, 0.25) is 0 Å². The molecule has 0 amide bonds. The van der Waals surface area contributed by atoms with Gasteiger partial charge < -0.3 is 15.0 Å². The molecule has 2 aliphatic rings. The molecule has 0 spiro atoms. The maximum absolute atomic E-state index is 5.77. The number of nitrogens with zero attached hydrogens (tertiary/aromatic N) is 1. The second-order valence-electron chi connectivity index (χ2n) is 6.04. The van der Waals surface area contributed by atoms with Crippen molar-refractivity contribution >= 4 is 0 Å². The van der Waals surface area contributed by atoms with E-state index in [-0.39, 0.29) is 0 Å². The highest BCUT2D eigenvalue weighted by atomic mass is 16.5. The molecule has 110 valence electrons. The zero-order valence-electron chi connectivity index (χ0n) is 12.5. The minimum atomic E-state index is 0.383. The van der Waals surface area contributed by atoms with E-state index >= 15 is 0 Å². The van der Waals surface area contributed by atoms with Crippen LogP contribution < -0.4 is 10.1 Å². The topological polar surface area (TPSA) is 24.5 Å². The van der Waals surface area contributed by atoms with Gasteiger partial charge in [0.15, 0.2) is 0 Å². The van der Waals surface area contributed by atoms with Gasteiger partial charge in [-0.25, -0.2) is 0 Å². The Balaban J connectivity index is 1.56. The standard InChI is InChI=1S/C17H26N2O/c1-2-10-19-11-5-6-14(9-12-19)18-16-13-20-17-8-4-3-7-15(16)17/h3-4,7-8,14,16,18H,2,5-6,9-13H2,1H3. The SMILES string of the molecule is CCCN1CCCC(NC2COc3ccccc32)CC1. The van der Waals surface area contributed by atoms with Crippen LogP contribution in [0.5, 0.6) is 5.75 Å². The quantitative estimate of drug-likeness (QED) is 0.913. The maximum Gasteiger partial charge on any atom is 0.124 e. The lowest BCUT2D eigenvalue weighted by Crippen LogP contribution is -2.34. The average molecular weight is 274 g/mol. The van der Waals surface area contributed by atoms with Gasteiger partial charge >= 0.3 is 0 Å². The number of hydrogen-bond acceptors (Lipinski definition) is 3. The first kappa shape index (κ1) is 13.9. The third-order valence-electron chi connectivity index (χ3n) is 4.50.